The SMILES string of the molecule is CCCCCCCCCCCCCCCCCCCCC(O)C(=O)NC(COC1OC(CO)C(O)C(O)C1O)C(O)C(O)CCCCCCCCCCCCCCC. The zero-order chi connectivity index (χ0) is 42.6. The van der Waals surface area contributed by atoms with Gasteiger partial charge in [0.2, 0.25) is 5.91 Å². The van der Waals surface area contributed by atoms with Gasteiger partial charge in [-0.2, -0.15) is 0 Å². The lowest BCUT2D eigenvalue weighted by Crippen LogP contribution is -2.60. The topological polar surface area (TPSA) is 189 Å². The maximum atomic E-state index is 13.1. The van der Waals surface area contributed by atoms with E-state index in [9.17, 15) is 40.5 Å². The Morgan fingerprint density at radius 3 is 1.28 bits per heavy atom. The fraction of sp³-hybridized carbons (Fsp3) is 0.979. The molecule has 11 heteroatoms. The number of hydrogen-bond donors (Lipinski definition) is 8. The van der Waals surface area contributed by atoms with E-state index in [1.54, 1.807) is 0 Å². The van der Waals surface area contributed by atoms with Crippen LogP contribution in [0.1, 0.15) is 226 Å². The molecule has 1 saturated heterocycles. The lowest BCUT2D eigenvalue weighted by atomic mass is 9.98. The Hall–Kier alpha value is -0.890. The lowest BCUT2D eigenvalue weighted by Gasteiger charge is -2.40. The van der Waals surface area contributed by atoms with E-state index >= 15 is 0 Å². The van der Waals surface area contributed by atoms with Crippen LogP contribution in [0, 0.1) is 0 Å². The maximum Gasteiger partial charge on any atom is 0.249 e. The molecule has 9 atom stereocenters. The van der Waals surface area contributed by atoms with Crippen LogP contribution >= 0.6 is 0 Å². The highest BCUT2D eigenvalue weighted by molar-refractivity contribution is 5.80. The lowest BCUT2D eigenvalue weighted by molar-refractivity contribution is -0.303. The Balaban J connectivity index is 2.40. The van der Waals surface area contributed by atoms with Gasteiger partial charge >= 0.3 is 0 Å². The first-order valence-electron chi connectivity index (χ1n) is 24.4. The van der Waals surface area contributed by atoms with Crippen molar-refractivity contribution >= 4 is 5.91 Å². The van der Waals surface area contributed by atoms with E-state index in [0.29, 0.717) is 19.3 Å². The quantitative estimate of drug-likeness (QED) is 0.0279. The number of nitrogens with one attached hydrogen (secondary N) is 1. The summed E-state index contributed by atoms with van der Waals surface area (Å²) in [5, 5.41) is 75.7. The van der Waals surface area contributed by atoms with Crippen LogP contribution in [0.15, 0.2) is 0 Å². The fourth-order valence-electron chi connectivity index (χ4n) is 8.09. The minimum Gasteiger partial charge on any atom is -0.394 e. The molecule has 0 aromatic rings. The zero-order valence-electron chi connectivity index (χ0n) is 37.3. The van der Waals surface area contributed by atoms with Crippen molar-refractivity contribution in [3.05, 3.63) is 0 Å². The molecule has 8 N–H and O–H groups in total. The molecule has 0 saturated carbocycles. The van der Waals surface area contributed by atoms with Gasteiger partial charge in [0, 0.05) is 0 Å². The smallest absolute Gasteiger partial charge is 0.249 e. The van der Waals surface area contributed by atoms with E-state index in [0.717, 1.165) is 38.5 Å². The minimum atomic E-state index is -1.66. The number of aliphatic hydroxyl groups is 7. The largest absolute Gasteiger partial charge is 0.394 e. The normalized spacial score (nSPS) is 21.8. The second-order valence-electron chi connectivity index (χ2n) is 17.5. The van der Waals surface area contributed by atoms with Gasteiger partial charge in [0.25, 0.3) is 0 Å². The minimum absolute atomic E-state index is 0.266. The number of rotatable bonds is 41. The number of unbranched alkanes of at least 4 members (excludes halogenated alkanes) is 29. The van der Waals surface area contributed by atoms with Gasteiger partial charge in [-0.3, -0.25) is 4.79 Å². The fourth-order valence-corrected chi connectivity index (χ4v) is 8.09. The maximum absolute atomic E-state index is 13.1. The highest BCUT2D eigenvalue weighted by Gasteiger charge is 2.44. The van der Waals surface area contributed by atoms with Crippen LogP contribution in [0.2, 0.25) is 0 Å². The molecule has 0 spiro atoms. The number of amides is 1. The first-order valence-corrected chi connectivity index (χ1v) is 24.4. The van der Waals surface area contributed by atoms with Crippen molar-refractivity contribution in [2.75, 3.05) is 13.2 Å². The van der Waals surface area contributed by atoms with Crippen molar-refractivity contribution in [3.63, 3.8) is 0 Å². The van der Waals surface area contributed by atoms with Gasteiger partial charge in [-0.15, -0.1) is 0 Å². The summed E-state index contributed by atoms with van der Waals surface area (Å²) in [5.41, 5.74) is 0. The molecule has 0 aliphatic carbocycles. The molecule has 1 amide bonds. The number of carbonyl (C=O) groups is 1. The summed E-state index contributed by atoms with van der Waals surface area (Å²) in [6.07, 6.45) is 27.2. The summed E-state index contributed by atoms with van der Waals surface area (Å²) in [6.45, 7) is 3.45. The van der Waals surface area contributed by atoms with Crippen molar-refractivity contribution < 1.29 is 50.0 Å². The summed E-state index contributed by atoms with van der Waals surface area (Å²) < 4.78 is 11.1. The van der Waals surface area contributed by atoms with Gasteiger partial charge in [0.15, 0.2) is 6.29 Å². The number of aliphatic hydroxyl groups excluding tert-OH is 7. The summed E-state index contributed by atoms with van der Waals surface area (Å²) in [5.74, 6) is -0.693. The molecular weight excluding hydrogens is 739 g/mol. The van der Waals surface area contributed by atoms with Crippen LogP contribution < -0.4 is 5.32 Å². The average Bonchev–Trinajstić information content (AvgIpc) is 3.22. The summed E-state index contributed by atoms with van der Waals surface area (Å²) in [6, 6.07) is -1.16. The van der Waals surface area contributed by atoms with Crippen molar-refractivity contribution in [3.8, 4) is 0 Å². The molecule has 0 bridgehead atoms. The Morgan fingerprint density at radius 2 is 0.897 bits per heavy atom. The highest BCUT2D eigenvalue weighted by Crippen LogP contribution is 2.23. The standard InChI is InChI=1S/C47H93NO10/c1-3-5-7-9-11-13-15-17-18-19-20-21-23-25-27-29-31-33-35-40(51)46(56)48-38(37-57-47-45(55)44(54)43(53)41(36-49)58-47)42(52)39(50)34-32-30-28-26-24-22-16-14-12-10-8-6-4-2/h38-45,47,49-55H,3-37H2,1-2H3,(H,48,56). The van der Waals surface area contributed by atoms with Gasteiger partial charge in [0.05, 0.1) is 25.4 Å². The molecule has 0 aromatic carbocycles. The third-order valence-corrected chi connectivity index (χ3v) is 12.2. The van der Waals surface area contributed by atoms with Gasteiger partial charge in [-0.1, -0.05) is 213 Å². The molecule has 1 heterocycles. The number of ether oxygens (including phenoxy) is 2. The first-order chi connectivity index (χ1) is 28.2. The van der Waals surface area contributed by atoms with Crippen LogP contribution in [0.3, 0.4) is 0 Å². The average molecular weight is 832 g/mol. The second-order valence-corrected chi connectivity index (χ2v) is 17.5. The Kier molecular flexibility index (Phi) is 36.0. The third-order valence-electron chi connectivity index (χ3n) is 12.2. The first kappa shape index (κ1) is 55.1. The van der Waals surface area contributed by atoms with Crippen molar-refractivity contribution in [2.24, 2.45) is 0 Å². The number of carbonyl (C=O) groups excluding carboxylic acids is 1. The Morgan fingerprint density at radius 1 is 0.534 bits per heavy atom. The molecular formula is C47H93NO10. The van der Waals surface area contributed by atoms with E-state index < -0.39 is 74.2 Å². The molecule has 0 radical (unpaired) electrons. The van der Waals surface area contributed by atoms with E-state index in [1.807, 2.05) is 0 Å². The van der Waals surface area contributed by atoms with Crippen molar-refractivity contribution in [1.82, 2.24) is 5.32 Å². The summed E-state index contributed by atoms with van der Waals surface area (Å²) in [7, 11) is 0. The second kappa shape index (κ2) is 37.8. The van der Waals surface area contributed by atoms with Crippen LogP contribution in [0.4, 0.5) is 0 Å². The van der Waals surface area contributed by atoms with Crippen LogP contribution in [0.25, 0.3) is 0 Å². The van der Waals surface area contributed by atoms with Crippen LogP contribution in [-0.4, -0.2) is 110 Å². The van der Waals surface area contributed by atoms with E-state index in [1.165, 1.54) is 148 Å². The van der Waals surface area contributed by atoms with Crippen molar-refractivity contribution in [2.45, 2.75) is 281 Å². The molecule has 11 nitrogen and oxygen atoms in total. The molecule has 346 valence electrons. The van der Waals surface area contributed by atoms with Gasteiger partial charge < -0.3 is 50.5 Å². The monoisotopic (exact) mass is 832 g/mol. The highest BCUT2D eigenvalue weighted by atomic mass is 16.7. The molecule has 9 unspecified atom stereocenters. The Bertz CT molecular complexity index is 913. The van der Waals surface area contributed by atoms with E-state index in [2.05, 4.69) is 19.2 Å². The van der Waals surface area contributed by atoms with Gasteiger partial charge in [-0.05, 0) is 12.8 Å². The van der Waals surface area contributed by atoms with Crippen molar-refractivity contribution in [1.29, 1.82) is 0 Å². The van der Waals surface area contributed by atoms with Crippen LogP contribution in [0.5, 0.6) is 0 Å². The zero-order valence-corrected chi connectivity index (χ0v) is 37.3. The van der Waals surface area contributed by atoms with Gasteiger partial charge in [-0.25, -0.2) is 0 Å². The molecule has 1 aliphatic rings. The molecule has 1 fully saturated rings. The van der Waals surface area contributed by atoms with Crippen LogP contribution in [-0.2, 0) is 14.3 Å². The van der Waals surface area contributed by atoms with E-state index in [-0.39, 0.29) is 6.42 Å². The number of hydrogen-bond acceptors (Lipinski definition) is 10. The Labute approximate surface area is 354 Å². The third kappa shape index (κ3) is 27.1. The molecule has 1 aliphatic heterocycles. The predicted molar refractivity (Wildman–Crippen MR) is 233 cm³/mol. The predicted octanol–water partition coefficient (Wildman–Crippen LogP) is 8.28. The molecule has 0 aromatic heterocycles. The molecule has 58 heavy (non-hydrogen) atoms. The van der Waals surface area contributed by atoms with E-state index in [4.69, 9.17) is 9.47 Å². The summed E-state index contributed by atoms with van der Waals surface area (Å²) in [4.78, 5) is 13.1. The summed E-state index contributed by atoms with van der Waals surface area (Å²) >= 11 is 0. The molecule has 1 rings (SSSR count). The van der Waals surface area contributed by atoms with Gasteiger partial charge in [0.1, 0.15) is 36.6 Å².